The number of carbonyl (C=O) groups is 2. The normalized spacial score (nSPS) is 10.5. The van der Waals surface area contributed by atoms with Gasteiger partial charge in [0.1, 0.15) is 5.75 Å². The lowest BCUT2D eigenvalue weighted by Crippen LogP contribution is -2.31. The highest BCUT2D eigenvalue weighted by Crippen LogP contribution is 2.30. The zero-order valence-corrected chi connectivity index (χ0v) is 16.8. The molecule has 0 radical (unpaired) electrons. The van der Waals surface area contributed by atoms with E-state index in [1.165, 1.54) is 23.1 Å². The van der Waals surface area contributed by atoms with Crippen LogP contribution in [0.1, 0.15) is 9.67 Å². The number of carbonyl (C=O) groups excluding carboxylic acids is 2. The van der Waals surface area contributed by atoms with Crippen molar-refractivity contribution in [2.24, 2.45) is 0 Å². The number of ether oxygens (including phenoxy) is 1. The number of nitrogens with one attached hydrogen (secondary N) is 1. The minimum Gasteiger partial charge on any atom is -0.496 e. The van der Waals surface area contributed by atoms with Crippen molar-refractivity contribution in [2.75, 3.05) is 12.9 Å². The SMILES string of the molecule is C=CCn1c(SCC(=O)NC(=O)c2cccs2)nnc1-c1ccccc1OC. The lowest BCUT2D eigenvalue weighted by Gasteiger charge is -2.10. The summed E-state index contributed by atoms with van der Waals surface area (Å²) in [6, 6.07) is 10.9. The molecule has 2 amide bonds. The zero-order chi connectivity index (χ0) is 19.9. The van der Waals surface area contributed by atoms with Gasteiger partial charge in [-0.25, -0.2) is 0 Å². The third-order valence-corrected chi connectivity index (χ3v) is 5.54. The van der Waals surface area contributed by atoms with Gasteiger partial charge in [-0.2, -0.15) is 0 Å². The van der Waals surface area contributed by atoms with Crippen molar-refractivity contribution in [3.63, 3.8) is 0 Å². The molecule has 2 heterocycles. The van der Waals surface area contributed by atoms with Gasteiger partial charge in [-0.3, -0.25) is 19.5 Å². The number of thiophene rings is 1. The molecule has 3 aromatic rings. The third kappa shape index (κ3) is 4.49. The van der Waals surface area contributed by atoms with Crippen LogP contribution in [0, 0.1) is 0 Å². The van der Waals surface area contributed by atoms with Crippen molar-refractivity contribution < 1.29 is 14.3 Å². The number of amides is 2. The first-order valence-electron chi connectivity index (χ1n) is 8.32. The molecule has 3 rings (SSSR count). The van der Waals surface area contributed by atoms with E-state index < -0.39 is 11.8 Å². The van der Waals surface area contributed by atoms with Crippen LogP contribution in [0.4, 0.5) is 0 Å². The predicted molar refractivity (Wildman–Crippen MR) is 110 cm³/mol. The van der Waals surface area contributed by atoms with Crippen molar-refractivity contribution in [1.82, 2.24) is 20.1 Å². The first-order chi connectivity index (χ1) is 13.6. The van der Waals surface area contributed by atoms with E-state index in [1.54, 1.807) is 30.7 Å². The number of imide groups is 1. The van der Waals surface area contributed by atoms with E-state index >= 15 is 0 Å². The summed E-state index contributed by atoms with van der Waals surface area (Å²) in [7, 11) is 1.59. The number of rotatable bonds is 8. The van der Waals surface area contributed by atoms with E-state index in [-0.39, 0.29) is 5.75 Å². The lowest BCUT2D eigenvalue weighted by molar-refractivity contribution is -0.117. The Morgan fingerprint density at radius 3 is 2.82 bits per heavy atom. The Bertz CT molecular complexity index is 983. The third-order valence-electron chi connectivity index (χ3n) is 3.71. The minimum atomic E-state index is -0.400. The summed E-state index contributed by atoms with van der Waals surface area (Å²) < 4.78 is 7.26. The highest BCUT2D eigenvalue weighted by Gasteiger charge is 2.18. The van der Waals surface area contributed by atoms with Gasteiger partial charge in [-0.1, -0.05) is 36.0 Å². The van der Waals surface area contributed by atoms with Gasteiger partial charge in [0.05, 0.1) is 23.3 Å². The quantitative estimate of drug-likeness (QED) is 0.450. The Labute approximate surface area is 170 Å². The Morgan fingerprint density at radius 1 is 1.29 bits per heavy atom. The van der Waals surface area contributed by atoms with Crippen molar-refractivity contribution in [1.29, 1.82) is 0 Å². The topological polar surface area (TPSA) is 86.1 Å². The van der Waals surface area contributed by atoms with E-state index in [1.807, 2.05) is 28.8 Å². The van der Waals surface area contributed by atoms with Crippen LogP contribution in [0.3, 0.4) is 0 Å². The molecule has 9 heteroatoms. The average molecular weight is 415 g/mol. The number of aromatic nitrogens is 3. The highest BCUT2D eigenvalue weighted by molar-refractivity contribution is 7.99. The summed E-state index contributed by atoms with van der Waals surface area (Å²) >= 11 is 2.48. The maximum atomic E-state index is 12.1. The van der Waals surface area contributed by atoms with Crippen LogP contribution in [-0.4, -0.2) is 39.4 Å². The Hall–Kier alpha value is -2.91. The monoisotopic (exact) mass is 414 g/mol. The summed E-state index contributed by atoms with van der Waals surface area (Å²) in [5.74, 6) is 0.544. The number of allylic oxidation sites excluding steroid dienone is 1. The number of para-hydroxylation sites is 1. The highest BCUT2D eigenvalue weighted by atomic mass is 32.2. The first kappa shape index (κ1) is 19.8. The molecule has 0 saturated carbocycles. The molecule has 0 aliphatic heterocycles. The summed E-state index contributed by atoms with van der Waals surface area (Å²) in [5.41, 5.74) is 0.795. The molecular formula is C19H18N4O3S2. The van der Waals surface area contributed by atoms with Gasteiger partial charge in [-0.15, -0.1) is 28.1 Å². The molecule has 1 aromatic carbocycles. The van der Waals surface area contributed by atoms with Gasteiger partial charge < -0.3 is 4.74 Å². The van der Waals surface area contributed by atoms with Crippen LogP contribution in [0.5, 0.6) is 5.75 Å². The zero-order valence-electron chi connectivity index (χ0n) is 15.1. The molecule has 7 nitrogen and oxygen atoms in total. The van der Waals surface area contributed by atoms with Gasteiger partial charge in [0.15, 0.2) is 11.0 Å². The molecule has 28 heavy (non-hydrogen) atoms. The van der Waals surface area contributed by atoms with E-state index in [4.69, 9.17) is 4.74 Å². The number of methoxy groups -OCH3 is 1. The molecule has 0 saturated heterocycles. The van der Waals surface area contributed by atoms with Crippen molar-refractivity contribution in [3.8, 4) is 17.1 Å². The molecule has 0 spiro atoms. The smallest absolute Gasteiger partial charge is 0.267 e. The van der Waals surface area contributed by atoms with Crippen LogP contribution < -0.4 is 10.1 Å². The van der Waals surface area contributed by atoms with Crippen LogP contribution in [0.15, 0.2) is 59.6 Å². The number of hydrogen-bond donors (Lipinski definition) is 1. The molecule has 0 aliphatic carbocycles. The van der Waals surface area contributed by atoms with Crippen LogP contribution in [0.25, 0.3) is 11.4 Å². The molecule has 0 atom stereocenters. The molecule has 2 aromatic heterocycles. The second kappa shape index (κ2) is 9.34. The van der Waals surface area contributed by atoms with Crippen LogP contribution >= 0.6 is 23.1 Å². The molecule has 0 aliphatic rings. The lowest BCUT2D eigenvalue weighted by atomic mass is 10.2. The number of thioether (sulfide) groups is 1. The molecule has 1 N–H and O–H groups in total. The fourth-order valence-electron chi connectivity index (χ4n) is 2.48. The van der Waals surface area contributed by atoms with Gasteiger partial charge in [0.2, 0.25) is 5.91 Å². The molecule has 0 fully saturated rings. The van der Waals surface area contributed by atoms with Crippen molar-refractivity contribution in [2.45, 2.75) is 11.7 Å². The first-order valence-corrected chi connectivity index (χ1v) is 10.2. The summed E-state index contributed by atoms with van der Waals surface area (Å²) in [5, 5.41) is 13.2. The van der Waals surface area contributed by atoms with E-state index in [0.29, 0.717) is 28.2 Å². The van der Waals surface area contributed by atoms with Gasteiger partial charge in [0, 0.05) is 6.54 Å². The van der Waals surface area contributed by atoms with E-state index in [2.05, 4.69) is 22.1 Å². The van der Waals surface area contributed by atoms with Crippen LogP contribution in [-0.2, 0) is 11.3 Å². The second-order valence-corrected chi connectivity index (χ2v) is 7.44. The van der Waals surface area contributed by atoms with Crippen molar-refractivity contribution >= 4 is 34.9 Å². The Balaban J connectivity index is 1.74. The van der Waals surface area contributed by atoms with E-state index in [0.717, 1.165) is 5.56 Å². The molecular weight excluding hydrogens is 396 g/mol. The van der Waals surface area contributed by atoms with Gasteiger partial charge >= 0.3 is 0 Å². The average Bonchev–Trinajstić information content (AvgIpc) is 3.37. The van der Waals surface area contributed by atoms with Gasteiger partial charge in [-0.05, 0) is 23.6 Å². The molecule has 144 valence electrons. The number of nitrogens with zero attached hydrogens (tertiary/aromatic N) is 3. The largest absolute Gasteiger partial charge is 0.496 e. The van der Waals surface area contributed by atoms with Crippen LogP contribution in [0.2, 0.25) is 0 Å². The summed E-state index contributed by atoms with van der Waals surface area (Å²) in [6.45, 7) is 4.25. The fourth-order valence-corrected chi connectivity index (χ4v) is 3.85. The summed E-state index contributed by atoms with van der Waals surface area (Å²) in [6.07, 6.45) is 1.73. The minimum absolute atomic E-state index is 0.0400. The maximum absolute atomic E-state index is 12.1. The fraction of sp³-hybridized carbons (Fsp3) is 0.158. The molecule has 0 bridgehead atoms. The standard InChI is InChI=1S/C19H18N4O3S2/c1-3-10-23-17(13-7-4-5-8-14(13)26-2)21-22-19(23)28-12-16(24)20-18(25)15-9-6-11-27-15/h3-9,11H,1,10,12H2,2H3,(H,20,24,25). The van der Waals surface area contributed by atoms with Gasteiger partial charge in [0.25, 0.3) is 5.91 Å². The molecule has 0 unspecified atom stereocenters. The number of benzene rings is 1. The predicted octanol–water partition coefficient (Wildman–Crippen LogP) is 3.25. The Morgan fingerprint density at radius 2 is 2.11 bits per heavy atom. The summed E-state index contributed by atoms with van der Waals surface area (Å²) in [4.78, 5) is 24.6. The van der Waals surface area contributed by atoms with Crippen molar-refractivity contribution in [3.05, 3.63) is 59.3 Å². The second-order valence-electron chi connectivity index (χ2n) is 5.55. The number of hydrogen-bond acceptors (Lipinski definition) is 7. The Kier molecular flexibility index (Phi) is 6.62. The van der Waals surface area contributed by atoms with E-state index in [9.17, 15) is 9.59 Å². The maximum Gasteiger partial charge on any atom is 0.267 e.